The van der Waals surface area contributed by atoms with Crippen molar-refractivity contribution in [2.24, 2.45) is 0 Å². The molecule has 3 N–H and O–H groups in total. The van der Waals surface area contributed by atoms with Gasteiger partial charge in [0.05, 0.1) is 4.90 Å². The lowest BCUT2D eigenvalue weighted by atomic mass is 10.1. The molecule has 0 saturated carbocycles. The Morgan fingerprint density at radius 1 is 1.19 bits per heavy atom. The molecule has 1 heterocycles. The molecule has 2 aromatic rings. The highest BCUT2D eigenvalue weighted by molar-refractivity contribution is 7.89. The first-order chi connectivity index (χ1) is 10.0. The Balaban J connectivity index is 1.66. The second-order valence-corrected chi connectivity index (χ2v) is 6.74. The summed E-state index contributed by atoms with van der Waals surface area (Å²) in [5, 5.41) is 0. The molecular weight excluding hydrogens is 288 g/mol. The number of para-hydroxylation sites is 1. The van der Waals surface area contributed by atoms with E-state index in [9.17, 15) is 8.42 Å². The molecule has 1 aliphatic rings. The number of sulfonamides is 1. The molecule has 0 saturated heterocycles. The van der Waals surface area contributed by atoms with Crippen LogP contribution in [0.1, 0.15) is 5.56 Å². The summed E-state index contributed by atoms with van der Waals surface area (Å²) < 4.78 is 32.7. The van der Waals surface area contributed by atoms with Crippen LogP contribution in [0.5, 0.6) is 5.75 Å². The minimum atomic E-state index is -3.57. The van der Waals surface area contributed by atoms with Crippen molar-refractivity contribution in [3.05, 3.63) is 54.1 Å². The van der Waals surface area contributed by atoms with Gasteiger partial charge in [-0.25, -0.2) is 13.1 Å². The van der Waals surface area contributed by atoms with E-state index < -0.39 is 10.0 Å². The molecule has 0 spiro atoms. The number of benzene rings is 2. The molecule has 110 valence electrons. The van der Waals surface area contributed by atoms with E-state index in [4.69, 9.17) is 10.5 Å². The molecule has 3 rings (SSSR count). The standard InChI is InChI=1S/C15H16N2O3S/c16-12-5-3-6-14(9-12)21(18,19)17-10-13-8-11-4-1-2-7-15(11)20-13/h1-7,9,13,17H,8,10,16H2. The van der Waals surface area contributed by atoms with Gasteiger partial charge >= 0.3 is 0 Å². The quantitative estimate of drug-likeness (QED) is 0.840. The second-order valence-electron chi connectivity index (χ2n) is 4.98. The number of hydrogen-bond donors (Lipinski definition) is 2. The lowest BCUT2D eigenvalue weighted by molar-refractivity contribution is 0.236. The fraction of sp³-hybridized carbons (Fsp3) is 0.200. The van der Waals surface area contributed by atoms with Gasteiger partial charge in [-0.15, -0.1) is 0 Å². The summed E-state index contributed by atoms with van der Waals surface area (Å²) in [5.41, 5.74) is 7.14. The van der Waals surface area contributed by atoms with Gasteiger partial charge in [0.1, 0.15) is 11.9 Å². The molecule has 0 aliphatic carbocycles. The average Bonchev–Trinajstić information content (AvgIpc) is 2.88. The van der Waals surface area contributed by atoms with E-state index in [0.29, 0.717) is 12.1 Å². The van der Waals surface area contributed by atoms with Gasteiger partial charge in [0.2, 0.25) is 10.0 Å². The zero-order valence-electron chi connectivity index (χ0n) is 11.3. The van der Waals surface area contributed by atoms with Gasteiger partial charge in [-0.3, -0.25) is 0 Å². The zero-order chi connectivity index (χ0) is 14.9. The van der Waals surface area contributed by atoms with E-state index >= 15 is 0 Å². The molecule has 0 bridgehead atoms. The van der Waals surface area contributed by atoms with Gasteiger partial charge in [0.15, 0.2) is 0 Å². The predicted molar refractivity (Wildman–Crippen MR) is 80.6 cm³/mol. The number of rotatable bonds is 4. The number of nitrogen functional groups attached to an aromatic ring is 1. The van der Waals surface area contributed by atoms with Crippen molar-refractivity contribution in [2.45, 2.75) is 17.4 Å². The summed E-state index contributed by atoms with van der Waals surface area (Å²) in [4.78, 5) is 0.165. The van der Waals surface area contributed by atoms with Crippen molar-refractivity contribution in [3.8, 4) is 5.75 Å². The molecule has 6 heteroatoms. The highest BCUT2D eigenvalue weighted by atomic mass is 32.2. The lowest BCUT2D eigenvalue weighted by Gasteiger charge is -2.12. The highest BCUT2D eigenvalue weighted by Gasteiger charge is 2.24. The first-order valence-corrected chi connectivity index (χ1v) is 8.13. The Bertz CT molecular complexity index is 734. The average molecular weight is 304 g/mol. The fourth-order valence-corrected chi connectivity index (χ4v) is 3.46. The number of hydrogen-bond acceptors (Lipinski definition) is 4. The van der Waals surface area contributed by atoms with Crippen LogP contribution in [0.15, 0.2) is 53.4 Å². The molecule has 0 radical (unpaired) electrons. The Morgan fingerprint density at radius 2 is 2.00 bits per heavy atom. The van der Waals surface area contributed by atoms with Gasteiger partial charge in [-0.1, -0.05) is 24.3 Å². The SMILES string of the molecule is Nc1cccc(S(=O)(=O)NCC2Cc3ccccc3O2)c1. The monoisotopic (exact) mass is 304 g/mol. The summed E-state index contributed by atoms with van der Waals surface area (Å²) in [7, 11) is -3.57. The maximum atomic E-state index is 12.2. The van der Waals surface area contributed by atoms with Crippen molar-refractivity contribution in [3.63, 3.8) is 0 Å². The van der Waals surface area contributed by atoms with E-state index in [1.165, 1.54) is 12.1 Å². The lowest BCUT2D eigenvalue weighted by Crippen LogP contribution is -2.34. The van der Waals surface area contributed by atoms with Crippen LogP contribution in [0.2, 0.25) is 0 Å². The number of nitrogens with two attached hydrogens (primary N) is 1. The highest BCUT2D eigenvalue weighted by Crippen LogP contribution is 2.27. The van der Waals surface area contributed by atoms with Crippen molar-refractivity contribution in [1.82, 2.24) is 4.72 Å². The van der Waals surface area contributed by atoms with Crippen LogP contribution in [0, 0.1) is 0 Å². The predicted octanol–water partition coefficient (Wildman–Crippen LogP) is 1.55. The van der Waals surface area contributed by atoms with Crippen LogP contribution in [0.3, 0.4) is 0 Å². The van der Waals surface area contributed by atoms with Crippen LogP contribution in [0.4, 0.5) is 5.69 Å². The smallest absolute Gasteiger partial charge is 0.240 e. The Morgan fingerprint density at radius 3 is 2.76 bits per heavy atom. The summed E-state index contributed by atoms with van der Waals surface area (Å²) >= 11 is 0. The molecule has 0 amide bonds. The molecule has 1 aliphatic heterocycles. The van der Waals surface area contributed by atoms with Gasteiger partial charge < -0.3 is 10.5 Å². The van der Waals surface area contributed by atoms with Gasteiger partial charge in [0, 0.05) is 18.7 Å². The third-order valence-electron chi connectivity index (χ3n) is 3.38. The Hall–Kier alpha value is -2.05. The van der Waals surface area contributed by atoms with E-state index in [0.717, 1.165) is 11.3 Å². The van der Waals surface area contributed by atoms with Crippen LogP contribution in [0.25, 0.3) is 0 Å². The van der Waals surface area contributed by atoms with Crippen molar-refractivity contribution >= 4 is 15.7 Å². The number of anilines is 1. The van der Waals surface area contributed by atoms with Gasteiger partial charge in [0.25, 0.3) is 0 Å². The van der Waals surface area contributed by atoms with Crippen molar-refractivity contribution in [2.75, 3.05) is 12.3 Å². The summed E-state index contributed by atoms with van der Waals surface area (Å²) in [6, 6.07) is 13.9. The first-order valence-electron chi connectivity index (χ1n) is 6.64. The molecule has 2 aromatic carbocycles. The van der Waals surface area contributed by atoms with Crippen molar-refractivity contribution in [1.29, 1.82) is 0 Å². The Kier molecular flexibility index (Phi) is 3.57. The largest absolute Gasteiger partial charge is 0.488 e. The maximum absolute atomic E-state index is 12.2. The summed E-state index contributed by atoms with van der Waals surface area (Å²) in [5.74, 6) is 0.825. The third-order valence-corrected chi connectivity index (χ3v) is 4.80. The minimum absolute atomic E-state index is 0.165. The Labute approximate surface area is 123 Å². The molecule has 0 aromatic heterocycles. The van der Waals surface area contributed by atoms with Crippen LogP contribution >= 0.6 is 0 Å². The van der Waals surface area contributed by atoms with Crippen molar-refractivity contribution < 1.29 is 13.2 Å². The normalized spacial score (nSPS) is 17.2. The summed E-state index contributed by atoms with van der Waals surface area (Å²) in [6.07, 6.45) is 0.522. The summed E-state index contributed by atoms with van der Waals surface area (Å²) in [6.45, 7) is 0.228. The fourth-order valence-electron chi connectivity index (χ4n) is 2.34. The zero-order valence-corrected chi connectivity index (χ0v) is 12.1. The molecule has 5 nitrogen and oxygen atoms in total. The number of nitrogens with one attached hydrogen (secondary N) is 1. The minimum Gasteiger partial charge on any atom is -0.488 e. The first kappa shape index (κ1) is 13.9. The molecule has 0 fully saturated rings. The molecular formula is C15H16N2O3S. The van der Waals surface area contributed by atoms with Gasteiger partial charge in [-0.05, 0) is 29.8 Å². The van der Waals surface area contributed by atoms with Crippen LogP contribution in [-0.2, 0) is 16.4 Å². The topological polar surface area (TPSA) is 81.4 Å². The molecule has 21 heavy (non-hydrogen) atoms. The van der Waals surface area contributed by atoms with Gasteiger partial charge in [-0.2, -0.15) is 0 Å². The molecule has 1 atom stereocenters. The van der Waals surface area contributed by atoms with Crippen LogP contribution in [-0.4, -0.2) is 21.1 Å². The van der Waals surface area contributed by atoms with E-state index in [2.05, 4.69) is 4.72 Å². The second kappa shape index (κ2) is 5.38. The van der Waals surface area contributed by atoms with E-state index in [-0.39, 0.29) is 17.5 Å². The van der Waals surface area contributed by atoms with E-state index in [1.54, 1.807) is 12.1 Å². The number of fused-ring (bicyclic) bond motifs is 1. The third kappa shape index (κ3) is 3.01. The number of ether oxygens (including phenoxy) is 1. The maximum Gasteiger partial charge on any atom is 0.240 e. The molecule has 1 unspecified atom stereocenters. The van der Waals surface area contributed by atoms with E-state index in [1.807, 2.05) is 24.3 Å². The van der Waals surface area contributed by atoms with Crippen LogP contribution < -0.4 is 15.2 Å².